The Balaban J connectivity index is 2.70. The highest BCUT2D eigenvalue weighted by Gasteiger charge is 2.24. The summed E-state index contributed by atoms with van der Waals surface area (Å²) in [7, 11) is 1.52. The highest BCUT2D eigenvalue weighted by molar-refractivity contribution is 6.39. The molecule has 2 N–H and O–H groups in total. The van der Waals surface area contributed by atoms with Crippen LogP contribution in [0.2, 0.25) is 0 Å². The van der Waals surface area contributed by atoms with Crippen LogP contribution in [-0.2, 0) is 14.4 Å². The lowest BCUT2D eigenvalue weighted by Gasteiger charge is -2.23. The number of hydrogen-bond donors (Lipinski definition) is 2. The second-order valence-corrected chi connectivity index (χ2v) is 3.99. The van der Waals surface area contributed by atoms with Crippen LogP contribution in [0, 0.1) is 0 Å². The Morgan fingerprint density at radius 2 is 2.17 bits per heavy atom. The number of likely N-dealkylation sites (N-methyl/N-ethyl adjacent to an activating group) is 1. The molecule has 7 heteroatoms. The van der Waals surface area contributed by atoms with Crippen LogP contribution in [0.1, 0.15) is 26.2 Å². The van der Waals surface area contributed by atoms with E-state index in [2.05, 4.69) is 15.8 Å². The largest absolute Gasteiger partial charge is 0.358 e. The Morgan fingerprint density at radius 3 is 2.67 bits per heavy atom. The van der Waals surface area contributed by atoms with Crippen LogP contribution in [0.5, 0.6) is 0 Å². The molecular formula is C11H18N4O3. The normalized spacial score (nSPS) is 14.6. The zero-order chi connectivity index (χ0) is 13.5. The number of nitrogens with one attached hydrogen (secondary N) is 2. The first kappa shape index (κ1) is 14.1. The molecule has 0 aromatic heterocycles. The van der Waals surface area contributed by atoms with E-state index in [1.807, 2.05) is 6.92 Å². The quantitative estimate of drug-likeness (QED) is 0.675. The van der Waals surface area contributed by atoms with Gasteiger partial charge in [-0.1, -0.05) is 6.92 Å². The first-order valence-corrected chi connectivity index (χ1v) is 5.93. The highest BCUT2D eigenvalue weighted by atomic mass is 16.2. The predicted octanol–water partition coefficient (Wildman–Crippen LogP) is -0.763. The van der Waals surface area contributed by atoms with Crippen LogP contribution in [-0.4, -0.2) is 48.5 Å². The minimum absolute atomic E-state index is 0.0101. The Morgan fingerprint density at radius 1 is 1.44 bits per heavy atom. The van der Waals surface area contributed by atoms with E-state index in [0.29, 0.717) is 18.7 Å². The van der Waals surface area contributed by atoms with E-state index in [-0.39, 0.29) is 30.7 Å². The number of carbonyl (C=O) groups is 3. The van der Waals surface area contributed by atoms with Crippen LogP contribution >= 0.6 is 0 Å². The number of hydrazone groups is 1. The third-order valence-corrected chi connectivity index (χ3v) is 2.55. The number of amides is 3. The molecule has 7 nitrogen and oxygen atoms in total. The first-order chi connectivity index (χ1) is 8.58. The van der Waals surface area contributed by atoms with Gasteiger partial charge in [0.05, 0.1) is 6.54 Å². The summed E-state index contributed by atoms with van der Waals surface area (Å²) in [5.41, 5.74) is 2.58. The fourth-order valence-corrected chi connectivity index (χ4v) is 1.59. The molecule has 3 amide bonds. The van der Waals surface area contributed by atoms with Crippen molar-refractivity contribution in [2.24, 2.45) is 5.10 Å². The molecule has 18 heavy (non-hydrogen) atoms. The van der Waals surface area contributed by atoms with E-state index in [1.165, 1.54) is 11.9 Å². The molecule has 0 unspecified atom stereocenters. The Labute approximate surface area is 106 Å². The van der Waals surface area contributed by atoms with Gasteiger partial charge in [0.25, 0.3) is 5.91 Å². The molecule has 1 aliphatic heterocycles. The average Bonchev–Trinajstić information content (AvgIpc) is 2.38. The Bertz CT molecular complexity index is 378. The van der Waals surface area contributed by atoms with Gasteiger partial charge in [0, 0.05) is 26.4 Å². The van der Waals surface area contributed by atoms with Crippen molar-refractivity contribution in [3.63, 3.8) is 0 Å². The Kier molecular flexibility index (Phi) is 5.29. The zero-order valence-electron chi connectivity index (χ0n) is 10.7. The number of nitrogens with zero attached hydrogens (tertiary/aromatic N) is 2. The van der Waals surface area contributed by atoms with Crippen molar-refractivity contribution < 1.29 is 14.4 Å². The summed E-state index contributed by atoms with van der Waals surface area (Å²) in [4.78, 5) is 35.8. The second kappa shape index (κ2) is 6.73. The van der Waals surface area contributed by atoms with Crippen LogP contribution in [0.25, 0.3) is 0 Å². The zero-order valence-corrected chi connectivity index (χ0v) is 10.7. The summed E-state index contributed by atoms with van der Waals surface area (Å²) in [5.74, 6) is -0.711. The minimum Gasteiger partial charge on any atom is -0.358 e. The van der Waals surface area contributed by atoms with Crippen molar-refractivity contribution in [3.8, 4) is 0 Å². The SMILES string of the molecule is CCCN(CC(=O)NC)C(=O)C1=NNC(=O)CC1. The fourth-order valence-electron chi connectivity index (χ4n) is 1.59. The first-order valence-electron chi connectivity index (χ1n) is 5.93. The van der Waals surface area contributed by atoms with Crippen LogP contribution in [0.3, 0.4) is 0 Å². The molecule has 0 atom stereocenters. The van der Waals surface area contributed by atoms with Crippen molar-refractivity contribution in [2.75, 3.05) is 20.1 Å². The van der Waals surface area contributed by atoms with E-state index in [9.17, 15) is 14.4 Å². The van der Waals surface area contributed by atoms with Gasteiger partial charge in [-0.15, -0.1) is 0 Å². The van der Waals surface area contributed by atoms with E-state index in [1.54, 1.807) is 0 Å². The standard InChI is InChI=1S/C11H18N4O3/c1-3-6-15(7-10(17)12-2)11(18)8-4-5-9(16)14-13-8/h3-7H2,1-2H3,(H,12,17)(H,14,16). The van der Waals surface area contributed by atoms with Gasteiger partial charge in [0.2, 0.25) is 11.8 Å². The van der Waals surface area contributed by atoms with Gasteiger partial charge in [-0.05, 0) is 6.42 Å². The molecule has 1 heterocycles. The van der Waals surface area contributed by atoms with Crippen molar-refractivity contribution in [2.45, 2.75) is 26.2 Å². The molecule has 0 saturated heterocycles. The van der Waals surface area contributed by atoms with Crippen LogP contribution < -0.4 is 10.7 Å². The number of carbonyl (C=O) groups excluding carboxylic acids is 3. The molecule has 0 radical (unpaired) electrons. The molecule has 1 rings (SSSR count). The van der Waals surface area contributed by atoms with E-state index < -0.39 is 0 Å². The molecule has 100 valence electrons. The molecule has 0 aromatic carbocycles. The molecule has 0 aliphatic carbocycles. The fraction of sp³-hybridized carbons (Fsp3) is 0.636. The smallest absolute Gasteiger partial charge is 0.270 e. The molecule has 1 aliphatic rings. The van der Waals surface area contributed by atoms with Gasteiger partial charge < -0.3 is 10.2 Å². The second-order valence-electron chi connectivity index (χ2n) is 3.99. The lowest BCUT2D eigenvalue weighted by Crippen LogP contribution is -2.45. The molecule has 0 aromatic rings. The van der Waals surface area contributed by atoms with Gasteiger partial charge in [-0.2, -0.15) is 5.10 Å². The van der Waals surface area contributed by atoms with Crippen LogP contribution in [0.15, 0.2) is 5.10 Å². The highest BCUT2D eigenvalue weighted by Crippen LogP contribution is 2.04. The van der Waals surface area contributed by atoms with E-state index >= 15 is 0 Å². The summed E-state index contributed by atoms with van der Waals surface area (Å²) >= 11 is 0. The third kappa shape index (κ3) is 3.83. The van der Waals surface area contributed by atoms with Crippen molar-refractivity contribution >= 4 is 23.4 Å². The summed E-state index contributed by atoms with van der Waals surface area (Å²) in [5, 5.41) is 6.22. The van der Waals surface area contributed by atoms with Crippen LogP contribution in [0.4, 0.5) is 0 Å². The summed E-state index contributed by atoms with van der Waals surface area (Å²) in [6.07, 6.45) is 1.32. The van der Waals surface area contributed by atoms with Crippen molar-refractivity contribution in [3.05, 3.63) is 0 Å². The maximum Gasteiger partial charge on any atom is 0.270 e. The monoisotopic (exact) mass is 254 g/mol. The lowest BCUT2D eigenvalue weighted by molar-refractivity contribution is -0.131. The van der Waals surface area contributed by atoms with Crippen molar-refractivity contribution in [1.29, 1.82) is 0 Å². The number of rotatable bonds is 5. The molecular weight excluding hydrogens is 236 g/mol. The maximum atomic E-state index is 12.1. The van der Waals surface area contributed by atoms with Gasteiger partial charge in [0.15, 0.2) is 0 Å². The average molecular weight is 254 g/mol. The summed E-state index contributed by atoms with van der Waals surface area (Å²) in [6.45, 7) is 2.42. The van der Waals surface area contributed by atoms with Gasteiger partial charge in [0.1, 0.15) is 5.71 Å². The lowest BCUT2D eigenvalue weighted by atomic mass is 10.1. The van der Waals surface area contributed by atoms with Crippen molar-refractivity contribution in [1.82, 2.24) is 15.6 Å². The Hall–Kier alpha value is -1.92. The maximum absolute atomic E-state index is 12.1. The van der Waals surface area contributed by atoms with Gasteiger partial charge in [-0.25, -0.2) is 5.43 Å². The summed E-state index contributed by atoms with van der Waals surface area (Å²) in [6, 6.07) is 0. The number of hydrogen-bond acceptors (Lipinski definition) is 4. The topological polar surface area (TPSA) is 90.9 Å². The van der Waals surface area contributed by atoms with Gasteiger partial charge >= 0.3 is 0 Å². The molecule has 0 spiro atoms. The molecule has 0 saturated carbocycles. The minimum atomic E-state index is -0.291. The molecule has 0 fully saturated rings. The van der Waals surface area contributed by atoms with E-state index in [4.69, 9.17) is 0 Å². The molecule has 0 bridgehead atoms. The predicted molar refractivity (Wildman–Crippen MR) is 65.7 cm³/mol. The third-order valence-electron chi connectivity index (χ3n) is 2.55. The van der Waals surface area contributed by atoms with Gasteiger partial charge in [-0.3, -0.25) is 14.4 Å². The van der Waals surface area contributed by atoms with E-state index in [0.717, 1.165) is 6.42 Å². The summed E-state index contributed by atoms with van der Waals surface area (Å²) < 4.78 is 0.